The van der Waals surface area contributed by atoms with Crippen LogP contribution in [0.2, 0.25) is 0 Å². The molecule has 0 bridgehead atoms. The molecule has 1 rings (SSSR count). The van der Waals surface area contributed by atoms with Crippen molar-refractivity contribution in [2.75, 3.05) is 0 Å². The van der Waals surface area contributed by atoms with Gasteiger partial charge in [0, 0.05) is 0 Å². The van der Waals surface area contributed by atoms with E-state index in [4.69, 9.17) is 4.42 Å². The van der Waals surface area contributed by atoms with E-state index in [9.17, 15) is 4.79 Å². The number of rotatable bonds is 3. The first-order valence-electron chi connectivity index (χ1n) is 2.91. The molecule has 0 aliphatic carbocycles. The van der Waals surface area contributed by atoms with Crippen LogP contribution in [0.3, 0.4) is 0 Å². The van der Waals surface area contributed by atoms with Gasteiger partial charge < -0.3 is 9.15 Å². The zero-order valence-corrected chi connectivity index (χ0v) is 5.53. The van der Waals surface area contributed by atoms with Crippen molar-refractivity contribution in [1.29, 1.82) is 0 Å². The van der Waals surface area contributed by atoms with E-state index in [-0.39, 0.29) is 6.10 Å². The van der Waals surface area contributed by atoms with E-state index in [0.29, 0.717) is 5.76 Å². The average Bonchev–Trinajstić information content (AvgIpc) is 2.38. The molecular formula is C7H7O3. The molecule has 0 aliphatic heterocycles. The molecule has 53 valence electrons. The smallest absolute Gasteiger partial charge is 0.418 e. The van der Waals surface area contributed by atoms with Crippen LogP contribution in [-0.4, -0.2) is 6.47 Å². The summed E-state index contributed by atoms with van der Waals surface area (Å²) >= 11 is 0. The first kappa shape index (κ1) is 6.86. The minimum absolute atomic E-state index is 0.340. The maximum absolute atomic E-state index is 9.72. The fourth-order valence-corrected chi connectivity index (χ4v) is 0.653. The highest BCUT2D eigenvalue weighted by atomic mass is 16.5. The summed E-state index contributed by atoms with van der Waals surface area (Å²) in [5.74, 6) is 0.628. The average molecular weight is 139 g/mol. The van der Waals surface area contributed by atoms with Gasteiger partial charge in [0.05, 0.1) is 6.26 Å². The Morgan fingerprint density at radius 1 is 1.80 bits per heavy atom. The van der Waals surface area contributed by atoms with E-state index in [2.05, 4.69) is 4.74 Å². The van der Waals surface area contributed by atoms with Crippen LogP contribution < -0.4 is 0 Å². The summed E-state index contributed by atoms with van der Waals surface area (Å²) < 4.78 is 9.43. The van der Waals surface area contributed by atoms with Gasteiger partial charge in [-0.1, -0.05) is 0 Å². The van der Waals surface area contributed by atoms with E-state index >= 15 is 0 Å². The van der Waals surface area contributed by atoms with Crippen LogP contribution in [0.1, 0.15) is 18.8 Å². The number of ether oxygens (including phenoxy) is 1. The summed E-state index contributed by atoms with van der Waals surface area (Å²) in [6.07, 6.45) is 1.19. The Morgan fingerprint density at radius 3 is 3.10 bits per heavy atom. The van der Waals surface area contributed by atoms with E-state index < -0.39 is 0 Å². The van der Waals surface area contributed by atoms with Crippen molar-refractivity contribution in [1.82, 2.24) is 0 Å². The molecule has 3 nitrogen and oxygen atoms in total. The van der Waals surface area contributed by atoms with Crippen molar-refractivity contribution in [2.24, 2.45) is 0 Å². The predicted octanol–water partition coefficient (Wildman–Crippen LogP) is 1.42. The van der Waals surface area contributed by atoms with Gasteiger partial charge in [0.25, 0.3) is 0 Å². The summed E-state index contributed by atoms with van der Waals surface area (Å²) in [5.41, 5.74) is 0. The fraction of sp³-hybridized carbons (Fsp3) is 0.286. The molecule has 0 fully saturated rings. The van der Waals surface area contributed by atoms with Gasteiger partial charge in [-0.25, -0.2) is 4.79 Å². The van der Waals surface area contributed by atoms with Crippen LogP contribution in [0.15, 0.2) is 22.8 Å². The highest BCUT2D eigenvalue weighted by Gasteiger charge is 2.07. The van der Waals surface area contributed by atoms with Crippen molar-refractivity contribution in [3.63, 3.8) is 0 Å². The predicted molar refractivity (Wildman–Crippen MR) is 33.9 cm³/mol. The van der Waals surface area contributed by atoms with Crippen molar-refractivity contribution in [2.45, 2.75) is 13.0 Å². The summed E-state index contributed by atoms with van der Waals surface area (Å²) in [6, 6.07) is 3.47. The molecule has 0 amide bonds. The zero-order chi connectivity index (χ0) is 7.40. The Balaban J connectivity index is 2.58. The number of hydrogen-bond acceptors (Lipinski definition) is 3. The van der Waals surface area contributed by atoms with Crippen LogP contribution in [0.5, 0.6) is 0 Å². The lowest BCUT2D eigenvalue weighted by atomic mass is 10.3. The van der Waals surface area contributed by atoms with Gasteiger partial charge in [0.1, 0.15) is 5.76 Å². The molecule has 10 heavy (non-hydrogen) atoms. The second-order valence-electron chi connectivity index (χ2n) is 1.86. The molecule has 1 unspecified atom stereocenters. The van der Waals surface area contributed by atoms with Crippen molar-refractivity contribution in [3.05, 3.63) is 24.2 Å². The minimum atomic E-state index is -0.340. The van der Waals surface area contributed by atoms with Gasteiger partial charge in [-0.05, 0) is 19.1 Å². The lowest BCUT2D eigenvalue weighted by Crippen LogP contribution is -1.95. The molecule has 0 saturated carbocycles. The molecule has 0 N–H and O–H groups in total. The molecular weight excluding hydrogens is 132 g/mol. The molecule has 1 aromatic heterocycles. The zero-order valence-electron chi connectivity index (χ0n) is 5.53. The van der Waals surface area contributed by atoms with Gasteiger partial charge in [-0.3, -0.25) is 0 Å². The molecule has 0 spiro atoms. The van der Waals surface area contributed by atoms with Crippen molar-refractivity contribution >= 4 is 6.47 Å². The first-order valence-corrected chi connectivity index (χ1v) is 2.91. The SMILES string of the molecule is CC(O[C]=O)c1ccco1. The third kappa shape index (κ3) is 1.37. The molecule has 1 heterocycles. The van der Waals surface area contributed by atoms with Crippen LogP contribution >= 0.6 is 0 Å². The Labute approximate surface area is 58.6 Å². The van der Waals surface area contributed by atoms with E-state index in [0.717, 1.165) is 0 Å². The van der Waals surface area contributed by atoms with Crippen LogP contribution in [0.25, 0.3) is 0 Å². The minimum Gasteiger partial charge on any atom is -0.465 e. The quantitative estimate of drug-likeness (QED) is 0.635. The van der Waals surface area contributed by atoms with Gasteiger partial charge in [0.15, 0.2) is 6.10 Å². The number of furan rings is 1. The Bertz CT molecular complexity index is 191. The van der Waals surface area contributed by atoms with E-state index in [1.807, 2.05) is 0 Å². The van der Waals surface area contributed by atoms with Crippen LogP contribution in [0.4, 0.5) is 0 Å². The van der Waals surface area contributed by atoms with Gasteiger partial charge in [0.2, 0.25) is 0 Å². The van der Waals surface area contributed by atoms with Crippen molar-refractivity contribution in [3.8, 4) is 0 Å². The van der Waals surface area contributed by atoms with Gasteiger partial charge in [-0.2, -0.15) is 0 Å². The number of hydrogen-bond donors (Lipinski definition) is 0. The van der Waals surface area contributed by atoms with Crippen LogP contribution in [-0.2, 0) is 9.53 Å². The van der Waals surface area contributed by atoms with Gasteiger partial charge >= 0.3 is 6.47 Å². The molecule has 1 radical (unpaired) electrons. The third-order valence-corrected chi connectivity index (χ3v) is 1.17. The summed E-state index contributed by atoms with van der Waals surface area (Å²) in [4.78, 5) is 9.72. The summed E-state index contributed by atoms with van der Waals surface area (Å²) in [7, 11) is 0. The molecule has 0 aromatic carbocycles. The molecule has 0 aliphatic rings. The topological polar surface area (TPSA) is 39.4 Å². The first-order chi connectivity index (χ1) is 4.84. The molecule has 3 heteroatoms. The standard InChI is InChI=1S/C7H7O3/c1-6(10-5-8)7-3-2-4-9-7/h2-4,6H,1H3. The van der Waals surface area contributed by atoms with Crippen molar-refractivity contribution < 1.29 is 13.9 Å². The molecule has 1 atom stereocenters. The van der Waals surface area contributed by atoms with Crippen LogP contribution in [0, 0.1) is 0 Å². The van der Waals surface area contributed by atoms with E-state index in [1.54, 1.807) is 19.1 Å². The second kappa shape index (κ2) is 3.06. The Hall–Kier alpha value is -1.25. The highest BCUT2D eigenvalue weighted by molar-refractivity contribution is 5.39. The maximum Gasteiger partial charge on any atom is 0.418 e. The largest absolute Gasteiger partial charge is 0.465 e. The Morgan fingerprint density at radius 2 is 2.60 bits per heavy atom. The fourth-order valence-electron chi connectivity index (χ4n) is 0.653. The highest BCUT2D eigenvalue weighted by Crippen LogP contribution is 2.14. The van der Waals surface area contributed by atoms with E-state index in [1.165, 1.54) is 12.7 Å². The summed E-state index contributed by atoms with van der Waals surface area (Å²) in [6.45, 7) is 3.06. The lowest BCUT2D eigenvalue weighted by molar-refractivity contribution is 0.171. The number of carbonyl (C=O) groups excluding carboxylic acids is 1. The lowest BCUT2D eigenvalue weighted by Gasteiger charge is -2.02. The monoisotopic (exact) mass is 139 g/mol. The molecule has 1 aromatic rings. The second-order valence-corrected chi connectivity index (χ2v) is 1.86. The normalized spacial score (nSPS) is 12.5. The molecule has 0 saturated heterocycles. The maximum atomic E-state index is 9.72. The Kier molecular flexibility index (Phi) is 2.10. The summed E-state index contributed by atoms with van der Waals surface area (Å²) in [5, 5.41) is 0. The third-order valence-electron chi connectivity index (χ3n) is 1.17. The van der Waals surface area contributed by atoms with Gasteiger partial charge in [-0.15, -0.1) is 0 Å².